The van der Waals surface area contributed by atoms with E-state index in [-0.39, 0.29) is 0 Å². The van der Waals surface area contributed by atoms with E-state index in [0.717, 1.165) is 32.2 Å². The lowest BCUT2D eigenvalue weighted by Crippen LogP contribution is -2.51. The van der Waals surface area contributed by atoms with Crippen molar-refractivity contribution in [3.05, 3.63) is 21.9 Å². The van der Waals surface area contributed by atoms with Crippen molar-refractivity contribution >= 4 is 17.3 Å². The van der Waals surface area contributed by atoms with Crippen molar-refractivity contribution in [2.24, 2.45) is 5.92 Å². The number of thiophene rings is 1. The molecule has 2 aliphatic carbocycles. The van der Waals surface area contributed by atoms with Crippen molar-refractivity contribution < 1.29 is 32.5 Å². The second-order valence-electron chi connectivity index (χ2n) is 7.58. The van der Waals surface area contributed by atoms with Crippen LogP contribution in [0.15, 0.2) is 12.1 Å². The first-order chi connectivity index (χ1) is 13.2. The Hall–Kier alpha value is -1.16. The molecule has 1 aliphatic heterocycles. The molecule has 0 bridgehead atoms. The molecular weight excluding hydrogens is 395 g/mol. The number of fused-ring (bicyclic) bond motifs is 1. The number of ether oxygens (including phenoxy) is 2. The van der Waals surface area contributed by atoms with Crippen LogP contribution in [0.3, 0.4) is 0 Å². The number of hydrogen-bond acceptors (Lipinski definition) is 5. The van der Waals surface area contributed by atoms with Gasteiger partial charge in [-0.15, -0.1) is 11.3 Å². The molecule has 3 aliphatic rings. The predicted molar refractivity (Wildman–Crippen MR) is 98.4 cm³/mol. The van der Waals surface area contributed by atoms with E-state index in [1.807, 2.05) is 11.3 Å². The molecule has 5 nitrogen and oxygen atoms in total. The molecule has 28 heavy (non-hydrogen) atoms. The fourth-order valence-corrected chi connectivity index (χ4v) is 4.60. The molecular formula is C19H26F3NO4S. The molecule has 1 aromatic rings. The van der Waals surface area contributed by atoms with Crippen LogP contribution < -0.4 is 0 Å². The number of rotatable bonds is 5. The Bertz CT molecular complexity index is 662. The van der Waals surface area contributed by atoms with Crippen LogP contribution in [0.25, 0.3) is 0 Å². The SMILES string of the molecule is Cc1ccc(CN2CCO[C@H]3[C@H](OCC4CC4)CC[C@@H]32)s1.O=C(O)C(F)(F)F. The number of carboxylic acids is 1. The Kier molecular flexibility index (Phi) is 7.01. The van der Waals surface area contributed by atoms with Crippen LogP contribution in [0.4, 0.5) is 13.2 Å². The minimum atomic E-state index is -5.08. The standard InChI is InChI=1S/C17H25NO2S.C2HF3O2/c1-12-2-5-14(21-12)10-18-8-9-19-17-15(18)6-7-16(17)20-11-13-3-4-13;3-2(4,5)1(6)7/h2,5,13,15-17H,3-4,6-11H2,1H3;(H,6,7)/t15-,16+,17+;/m0./s1. The van der Waals surface area contributed by atoms with Gasteiger partial charge in [-0.2, -0.15) is 13.2 Å². The van der Waals surface area contributed by atoms with Crippen LogP contribution in [0.1, 0.15) is 35.4 Å². The zero-order valence-electron chi connectivity index (χ0n) is 15.8. The average molecular weight is 421 g/mol. The summed E-state index contributed by atoms with van der Waals surface area (Å²) in [6.45, 7) is 6.15. The summed E-state index contributed by atoms with van der Waals surface area (Å²) in [6.07, 6.45) is 0.686. The summed E-state index contributed by atoms with van der Waals surface area (Å²) in [6, 6.07) is 5.07. The van der Waals surface area contributed by atoms with Gasteiger partial charge in [-0.3, -0.25) is 4.90 Å². The smallest absolute Gasteiger partial charge is 0.475 e. The van der Waals surface area contributed by atoms with Gasteiger partial charge in [0.25, 0.3) is 0 Å². The average Bonchev–Trinajstić information content (AvgIpc) is 3.22. The van der Waals surface area contributed by atoms with E-state index in [0.29, 0.717) is 18.2 Å². The van der Waals surface area contributed by atoms with Crippen molar-refractivity contribution in [3.8, 4) is 0 Å². The summed E-state index contributed by atoms with van der Waals surface area (Å²) >= 11 is 1.93. The van der Waals surface area contributed by atoms with E-state index >= 15 is 0 Å². The normalized spacial score (nSPS) is 27.8. The van der Waals surface area contributed by atoms with E-state index in [2.05, 4.69) is 24.0 Å². The highest BCUT2D eigenvalue weighted by Gasteiger charge is 2.43. The monoisotopic (exact) mass is 421 g/mol. The zero-order chi connectivity index (χ0) is 20.3. The molecule has 3 atom stereocenters. The van der Waals surface area contributed by atoms with Gasteiger partial charge >= 0.3 is 12.1 Å². The minimum Gasteiger partial charge on any atom is -0.475 e. The Morgan fingerprint density at radius 3 is 2.61 bits per heavy atom. The Morgan fingerprint density at radius 2 is 2.04 bits per heavy atom. The Balaban J connectivity index is 0.000000279. The fourth-order valence-electron chi connectivity index (χ4n) is 3.68. The lowest BCUT2D eigenvalue weighted by Gasteiger charge is -2.38. The Labute approximate surface area is 166 Å². The van der Waals surface area contributed by atoms with E-state index in [1.165, 1.54) is 35.4 Å². The molecule has 0 radical (unpaired) electrons. The predicted octanol–water partition coefficient (Wildman–Crippen LogP) is 3.85. The van der Waals surface area contributed by atoms with Gasteiger partial charge in [0.2, 0.25) is 0 Å². The number of alkyl halides is 3. The van der Waals surface area contributed by atoms with Gasteiger partial charge in [-0.25, -0.2) is 4.79 Å². The van der Waals surface area contributed by atoms with Crippen molar-refractivity contribution in [1.29, 1.82) is 0 Å². The van der Waals surface area contributed by atoms with Gasteiger partial charge in [0.15, 0.2) is 0 Å². The molecule has 0 unspecified atom stereocenters. The summed E-state index contributed by atoms with van der Waals surface area (Å²) in [5, 5.41) is 7.12. The number of halogens is 3. The van der Waals surface area contributed by atoms with Crippen molar-refractivity contribution in [3.63, 3.8) is 0 Å². The van der Waals surface area contributed by atoms with Gasteiger partial charge < -0.3 is 14.6 Å². The van der Waals surface area contributed by atoms with Crippen molar-refractivity contribution in [1.82, 2.24) is 4.90 Å². The summed E-state index contributed by atoms with van der Waals surface area (Å²) in [7, 11) is 0. The van der Waals surface area contributed by atoms with Crippen LogP contribution in [0.2, 0.25) is 0 Å². The number of nitrogens with zero attached hydrogens (tertiary/aromatic N) is 1. The summed E-state index contributed by atoms with van der Waals surface area (Å²) < 4.78 is 44.0. The number of carbonyl (C=O) groups is 1. The highest BCUT2D eigenvalue weighted by Crippen LogP contribution is 2.36. The largest absolute Gasteiger partial charge is 0.490 e. The van der Waals surface area contributed by atoms with Gasteiger partial charge in [-0.05, 0) is 50.7 Å². The molecule has 158 valence electrons. The third kappa shape index (κ3) is 5.92. The lowest BCUT2D eigenvalue weighted by atomic mass is 10.1. The topological polar surface area (TPSA) is 59.0 Å². The first kappa shape index (κ1) is 21.5. The van der Waals surface area contributed by atoms with E-state index in [9.17, 15) is 13.2 Å². The number of aliphatic carboxylic acids is 1. The van der Waals surface area contributed by atoms with Crippen LogP contribution in [0, 0.1) is 12.8 Å². The van der Waals surface area contributed by atoms with Crippen molar-refractivity contribution in [2.45, 2.75) is 63.6 Å². The molecule has 9 heteroatoms. The molecule has 3 fully saturated rings. The van der Waals surface area contributed by atoms with Crippen LogP contribution in [0.5, 0.6) is 0 Å². The van der Waals surface area contributed by atoms with Gasteiger partial charge in [0.1, 0.15) is 0 Å². The molecule has 2 heterocycles. The van der Waals surface area contributed by atoms with Crippen molar-refractivity contribution in [2.75, 3.05) is 19.8 Å². The molecule has 1 N–H and O–H groups in total. The lowest BCUT2D eigenvalue weighted by molar-refractivity contribution is -0.192. The van der Waals surface area contributed by atoms with E-state index in [4.69, 9.17) is 19.4 Å². The molecule has 0 amide bonds. The second-order valence-corrected chi connectivity index (χ2v) is 8.95. The number of hydrogen-bond donors (Lipinski definition) is 1. The third-order valence-corrected chi connectivity index (χ3v) is 6.28. The van der Waals surface area contributed by atoms with Crippen LogP contribution >= 0.6 is 11.3 Å². The summed E-state index contributed by atoms with van der Waals surface area (Å²) in [4.78, 5) is 14.4. The quantitative estimate of drug-likeness (QED) is 0.783. The van der Waals surface area contributed by atoms with Crippen LogP contribution in [-0.4, -0.2) is 60.2 Å². The zero-order valence-corrected chi connectivity index (χ0v) is 16.6. The summed E-state index contributed by atoms with van der Waals surface area (Å²) in [5.41, 5.74) is 0. The maximum atomic E-state index is 10.6. The molecule has 1 saturated heterocycles. The maximum absolute atomic E-state index is 10.6. The minimum absolute atomic E-state index is 0.304. The first-order valence-corrected chi connectivity index (χ1v) is 10.4. The maximum Gasteiger partial charge on any atom is 0.490 e. The van der Waals surface area contributed by atoms with Gasteiger partial charge in [0, 0.05) is 35.5 Å². The molecule has 0 aromatic carbocycles. The number of morpholine rings is 1. The Morgan fingerprint density at radius 1 is 1.32 bits per heavy atom. The highest BCUT2D eigenvalue weighted by atomic mass is 32.1. The third-order valence-electron chi connectivity index (χ3n) is 5.29. The summed E-state index contributed by atoms with van der Waals surface area (Å²) in [5.74, 6) is -1.91. The number of aryl methyl sites for hydroxylation is 1. The number of carboxylic acid groups (broad SMARTS) is 1. The van der Waals surface area contributed by atoms with E-state index in [1.54, 1.807) is 0 Å². The molecule has 1 aromatic heterocycles. The second kappa shape index (κ2) is 9.11. The van der Waals surface area contributed by atoms with E-state index < -0.39 is 12.1 Å². The van der Waals surface area contributed by atoms with Gasteiger partial charge in [-0.1, -0.05) is 0 Å². The van der Waals surface area contributed by atoms with Crippen LogP contribution in [-0.2, 0) is 20.8 Å². The fraction of sp³-hybridized carbons (Fsp3) is 0.737. The first-order valence-electron chi connectivity index (χ1n) is 9.56. The highest BCUT2D eigenvalue weighted by molar-refractivity contribution is 7.11. The molecule has 0 spiro atoms. The molecule has 4 rings (SSSR count). The van der Waals surface area contributed by atoms with Gasteiger partial charge in [0.05, 0.1) is 18.8 Å². The molecule has 2 saturated carbocycles.